The van der Waals surface area contributed by atoms with Crippen molar-refractivity contribution in [2.24, 2.45) is 0 Å². The summed E-state index contributed by atoms with van der Waals surface area (Å²) in [6.07, 6.45) is 0. The molecule has 0 saturated heterocycles. The van der Waals surface area contributed by atoms with Crippen LogP contribution in [0, 0.1) is 0 Å². The molecule has 0 aromatic heterocycles. The van der Waals surface area contributed by atoms with E-state index in [0.29, 0.717) is 11.5 Å². The molecular formula is C11H12O5. The lowest BCUT2D eigenvalue weighted by Crippen LogP contribution is -2.30. The first-order valence-corrected chi connectivity index (χ1v) is 4.77. The van der Waals surface area contributed by atoms with Crippen molar-refractivity contribution in [3.8, 4) is 17.2 Å². The third-order valence-corrected chi connectivity index (χ3v) is 2.22. The molecule has 1 heterocycles. The Kier molecular flexibility index (Phi) is 2.18. The number of rotatable bonds is 2. The number of hydrogen-bond acceptors (Lipinski definition) is 4. The molecule has 1 aromatic carbocycles. The molecule has 86 valence electrons. The molecule has 16 heavy (non-hydrogen) atoms. The van der Waals surface area contributed by atoms with Gasteiger partial charge in [0.2, 0.25) is 11.5 Å². The molecule has 0 atom stereocenters. The first-order chi connectivity index (χ1) is 7.44. The molecule has 0 amide bonds. The number of carboxylic acids is 1. The van der Waals surface area contributed by atoms with Gasteiger partial charge in [-0.25, -0.2) is 4.79 Å². The third-order valence-electron chi connectivity index (χ3n) is 2.22. The number of carbonyl (C=O) groups is 1. The van der Waals surface area contributed by atoms with Crippen LogP contribution in [0.25, 0.3) is 0 Å². The van der Waals surface area contributed by atoms with Crippen molar-refractivity contribution in [3.05, 3.63) is 17.7 Å². The highest BCUT2D eigenvalue weighted by Gasteiger charge is 2.37. The van der Waals surface area contributed by atoms with Gasteiger partial charge >= 0.3 is 5.97 Å². The molecular weight excluding hydrogens is 212 g/mol. The molecule has 1 aliphatic rings. The molecule has 1 N–H and O–H groups in total. The van der Waals surface area contributed by atoms with E-state index < -0.39 is 11.8 Å². The zero-order valence-corrected chi connectivity index (χ0v) is 9.23. The third kappa shape index (κ3) is 1.54. The second-order valence-electron chi connectivity index (χ2n) is 3.88. The number of carboxylic acid groups (broad SMARTS) is 1. The van der Waals surface area contributed by atoms with Gasteiger partial charge in [-0.1, -0.05) is 0 Å². The Morgan fingerprint density at radius 3 is 2.50 bits per heavy atom. The van der Waals surface area contributed by atoms with E-state index >= 15 is 0 Å². The molecule has 0 spiro atoms. The fourth-order valence-corrected chi connectivity index (χ4v) is 1.58. The highest BCUT2D eigenvalue weighted by Crippen LogP contribution is 2.47. The van der Waals surface area contributed by atoms with Gasteiger partial charge in [-0.05, 0) is 12.1 Å². The van der Waals surface area contributed by atoms with Crippen LogP contribution in [-0.4, -0.2) is 24.0 Å². The smallest absolute Gasteiger partial charge is 0.339 e. The molecule has 0 unspecified atom stereocenters. The molecule has 0 aliphatic carbocycles. The van der Waals surface area contributed by atoms with Crippen molar-refractivity contribution in [2.45, 2.75) is 19.6 Å². The quantitative estimate of drug-likeness (QED) is 0.831. The van der Waals surface area contributed by atoms with Crippen LogP contribution in [0.5, 0.6) is 17.2 Å². The summed E-state index contributed by atoms with van der Waals surface area (Å²) in [7, 11) is 1.49. The molecule has 5 heteroatoms. The predicted octanol–water partition coefficient (Wildman–Crippen LogP) is 1.90. The van der Waals surface area contributed by atoms with Crippen LogP contribution in [0.1, 0.15) is 24.2 Å². The minimum atomic E-state index is -1.06. The Morgan fingerprint density at radius 2 is 1.94 bits per heavy atom. The lowest BCUT2D eigenvalue weighted by Gasteiger charge is -2.16. The Hall–Kier alpha value is -1.91. The van der Waals surface area contributed by atoms with Crippen molar-refractivity contribution < 1.29 is 24.1 Å². The van der Waals surface area contributed by atoms with Crippen LogP contribution >= 0.6 is 0 Å². The molecule has 0 bridgehead atoms. The van der Waals surface area contributed by atoms with Crippen LogP contribution in [0.3, 0.4) is 0 Å². The van der Waals surface area contributed by atoms with E-state index in [0.717, 1.165) is 0 Å². The van der Waals surface area contributed by atoms with Crippen molar-refractivity contribution >= 4 is 5.97 Å². The van der Waals surface area contributed by atoms with Gasteiger partial charge in [0.25, 0.3) is 0 Å². The van der Waals surface area contributed by atoms with E-state index in [1.54, 1.807) is 19.9 Å². The Balaban J connectivity index is 2.59. The maximum atomic E-state index is 11.0. The summed E-state index contributed by atoms with van der Waals surface area (Å²) < 4.78 is 16.0. The van der Waals surface area contributed by atoms with Crippen LogP contribution in [0.2, 0.25) is 0 Å². The van der Waals surface area contributed by atoms with E-state index in [1.165, 1.54) is 13.2 Å². The zero-order chi connectivity index (χ0) is 11.9. The number of ether oxygens (including phenoxy) is 3. The number of aromatic carboxylic acids is 1. The van der Waals surface area contributed by atoms with Crippen LogP contribution in [0.4, 0.5) is 0 Å². The van der Waals surface area contributed by atoms with Crippen molar-refractivity contribution in [1.82, 2.24) is 0 Å². The molecule has 1 aliphatic heterocycles. The highest BCUT2D eigenvalue weighted by molar-refractivity contribution is 5.93. The molecule has 0 fully saturated rings. The van der Waals surface area contributed by atoms with Crippen LogP contribution < -0.4 is 14.2 Å². The van der Waals surface area contributed by atoms with E-state index in [1.807, 2.05) is 0 Å². The SMILES string of the molecule is COc1ccc(C(=O)O)c2c1OC(C)(C)O2. The second-order valence-corrected chi connectivity index (χ2v) is 3.88. The first kappa shape index (κ1) is 10.6. The normalized spacial score (nSPS) is 15.9. The van der Waals surface area contributed by atoms with Gasteiger partial charge < -0.3 is 19.3 Å². The first-order valence-electron chi connectivity index (χ1n) is 4.77. The van der Waals surface area contributed by atoms with Gasteiger partial charge in [0.05, 0.1) is 7.11 Å². The summed E-state index contributed by atoms with van der Waals surface area (Å²) in [4.78, 5) is 11.0. The summed E-state index contributed by atoms with van der Waals surface area (Å²) in [5.74, 6) is -0.906. The summed E-state index contributed by atoms with van der Waals surface area (Å²) >= 11 is 0. The van der Waals surface area contributed by atoms with E-state index in [-0.39, 0.29) is 11.3 Å². The topological polar surface area (TPSA) is 65.0 Å². The zero-order valence-electron chi connectivity index (χ0n) is 9.23. The standard InChI is InChI=1S/C11H12O5/c1-11(2)15-8-6(10(12)13)4-5-7(14-3)9(8)16-11/h4-5H,1-3H3,(H,12,13). The van der Waals surface area contributed by atoms with Gasteiger partial charge in [0.1, 0.15) is 5.56 Å². The predicted molar refractivity (Wildman–Crippen MR) is 55.3 cm³/mol. The molecule has 2 rings (SSSR count). The number of hydrogen-bond donors (Lipinski definition) is 1. The Labute approximate surface area is 92.5 Å². The average Bonchev–Trinajstić information content (AvgIpc) is 2.50. The summed E-state index contributed by atoms with van der Waals surface area (Å²) in [6, 6.07) is 2.98. The molecule has 0 radical (unpaired) electrons. The summed E-state index contributed by atoms with van der Waals surface area (Å²) in [5, 5.41) is 9.01. The van der Waals surface area contributed by atoms with Gasteiger partial charge in [-0.3, -0.25) is 0 Å². The van der Waals surface area contributed by atoms with Crippen LogP contribution in [0.15, 0.2) is 12.1 Å². The largest absolute Gasteiger partial charge is 0.493 e. The van der Waals surface area contributed by atoms with Gasteiger partial charge in [-0.15, -0.1) is 0 Å². The summed E-state index contributed by atoms with van der Waals surface area (Å²) in [6.45, 7) is 3.41. The fourth-order valence-electron chi connectivity index (χ4n) is 1.58. The number of methoxy groups -OCH3 is 1. The number of fused-ring (bicyclic) bond motifs is 1. The second kappa shape index (κ2) is 3.30. The fraction of sp³-hybridized carbons (Fsp3) is 0.364. The van der Waals surface area contributed by atoms with Crippen LogP contribution in [-0.2, 0) is 0 Å². The highest BCUT2D eigenvalue weighted by atomic mass is 16.7. The van der Waals surface area contributed by atoms with Gasteiger partial charge in [-0.2, -0.15) is 0 Å². The minimum Gasteiger partial charge on any atom is -0.493 e. The van der Waals surface area contributed by atoms with Crippen molar-refractivity contribution in [1.29, 1.82) is 0 Å². The minimum absolute atomic E-state index is 0.0707. The van der Waals surface area contributed by atoms with E-state index in [4.69, 9.17) is 19.3 Å². The Morgan fingerprint density at radius 1 is 1.31 bits per heavy atom. The molecule has 0 saturated carbocycles. The van der Waals surface area contributed by atoms with E-state index in [2.05, 4.69) is 0 Å². The number of benzene rings is 1. The van der Waals surface area contributed by atoms with Crippen molar-refractivity contribution in [3.63, 3.8) is 0 Å². The lowest BCUT2D eigenvalue weighted by molar-refractivity contribution is -0.0442. The lowest BCUT2D eigenvalue weighted by atomic mass is 10.2. The summed E-state index contributed by atoms with van der Waals surface area (Å²) in [5.41, 5.74) is 0.0707. The maximum Gasteiger partial charge on any atom is 0.339 e. The average molecular weight is 224 g/mol. The van der Waals surface area contributed by atoms with E-state index in [9.17, 15) is 4.79 Å². The monoisotopic (exact) mass is 224 g/mol. The molecule has 1 aromatic rings. The van der Waals surface area contributed by atoms with Gasteiger partial charge in [0, 0.05) is 13.8 Å². The van der Waals surface area contributed by atoms with Gasteiger partial charge in [0.15, 0.2) is 11.5 Å². The maximum absolute atomic E-state index is 11.0. The molecule has 5 nitrogen and oxygen atoms in total. The Bertz CT molecular complexity index is 450. The van der Waals surface area contributed by atoms with Crippen molar-refractivity contribution in [2.75, 3.05) is 7.11 Å².